The molecule has 0 radical (unpaired) electrons. The minimum atomic E-state index is -0.523. The van der Waals surface area contributed by atoms with Gasteiger partial charge in [0.05, 0.1) is 19.9 Å². The van der Waals surface area contributed by atoms with Crippen molar-refractivity contribution in [3.8, 4) is 5.75 Å². The van der Waals surface area contributed by atoms with Gasteiger partial charge in [0.1, 0.15) is 5.75 Å². The molecule has 0 aliphatic heterocycles. The Morgan fingerprint density at radius 3 is 2.71 bits per heavy atom. The summed E-state index contributed by atoms with van der Waals surface area (Å²) in [5.41, 5.74) is 7.19. The molecule has 1 heterocycles. The fraction of sp³-hybridized carbons (Fsp3) is 0.143. The molecule has 110 valence electrons. The van der Waals surface area contributed by atoms with Crippen molar-refractivity contribution in [1.29, 1.82) is 0 Å². The van der Waals surface area contributed by atoms with Gasteiger partial charge in [-0.2, -0.15) is 0 Å². The van der Waals surface area contributed by atoms with Crippen molar-refractivity contribution < 1.29 is 14.3 Å². The highest BCUT2D eigenvalue weighted by atomic mass is 79.9. The maximum absolute atomic E-state index is 11.5. The van der Waals surface area contributed by atoms with Crippen LogP contribution in [0.15, 0.2) is 34.8 Å². The molecule has 0 aliphatic rings. The number of ether oxygens (including phenoxy) is 2. The van der Waals surface area contributed by atoms with E-state index in [9.17, 15) is 4.79 Å². The summed E-state index contributed by atoms with van der Waals surface area (Å²) >= 11 is 3.39. The molecule has 0 bridgehead atoms. The number of nitrogen functional groups attached to an aromatic ring is 1. The number of rotatable bonds is 4. The molecule has 0 spiro atoms. The number of carbonyl (C=O) groups is 1. The number of methoxy groups -OCH3 is 2. The molecule has 0 saturated carbocycles. The Morgan fingerprint density at radius 2 is 2.05 bits per heavy atom. The summed E-state index contributed by atoms with van der Waals surface area (Å²) in [5, 5.41) is 3.05. The van der Waals surface area contributed by atoms with Crippen LogP contribution in [-0.4, -0.2) is 25.2 Å². The normalized spacial score (nSPS) is 10.0. The van der Waals surface area contributed by atoms with E-state index in [1.165, 1.54) is 13.2 Å². The molecule has 2 rings (SSSR count). The molecule has 7 heteroatoms. The first kappa shape index (κ1) is 15.1. The van der Waals surface area contributed by atoms with Gasteiger partial charge in [-0.3, -0.25) is 0 Å². The number of aromatic nitrogens is 1. The molecule has 0 atom stereocenters. The Balaban J connectivity index is 2.34. The van der Waals surface area contributed by atoms with Gasteiger partial charge in [-0.25, -0.2) is 9.78 Å². The average molecular weight is 352 g/mol. The molecule has 2 aromatic rings. The summed E-state index contributed by atoms with van der Waals surface area (Å²) in [6.07, 6.45) is 0. The monoisotopic (exact) mass is 351 g/mol. The molecule has 1 aromatic carbocycles. The van der Waals surface area contributed by atoms with Gasteiger partial charge >= 0.3 is 5.97 Å². The van der Waals surface area contributed by atoms with Gasteiger partial charge in [0.25, 0.3) is 0 Å². The maximum atomic E-state index is 11.5. The zero-order valence-corrected chi connectivity index (χ0v) is 13.1. The van der Waals surface area contributed by atoms with E-state index >= 15 is 0 Å². The number of esters is 1. The number of nitrogens with zero attached hydrogens (tertiary/aromatic N) is 1. The van der Waals surface area contributed by atoms with E-state index < -0.39 is 5.97 Å². The Bertz CT molecular complexity index is 677. The second kappa shape index (κ2) is 6.45. The highest BCUT2D eigenvalue weighted by molar-refractivity contribution is 9.10. The number of anilines is 3. The van der Waals surface area contributed by atoms with Gasteiger partial charge in [0, 0.05) is 16.2 Å². The third-order valence-electron chi connectivity index (χ3n) is 2.69. The minimum absolute atomic E-state index is 0.177. The average Bonchev–Trinajstić information content (AvgIpc) is 2.48. The number of benzene rings is 1. The highest BCUT2D eigenvalue weighted by Crippen LogP contribution is 2.28. The van der Waals surface area contributed by atoms with Crippen LogP contribution in [0.4, 0.5) is 17.2 Å². The van der Waals surface area contributed by atoms with Crippen molar-refractivity contribution in [2.24, 2.45) is 0 Å². The zero-order valence-electron chi connectivity index (χ0n) is 11.5. The summed E-state index contributed by atoms with van der Waals surface area (Å²) < 4.78 is 10.7. The Labute approximate surface area is 130 Å². The smallest absolute Gasteiger partial charge is 0.356 e. The predicted molar refractivity (Wildman–Crippen MR) is 84.0 cm³/mol. The van der Waals surface area contributed by atoms with Crippen molar-refractivity contribution in [3.05, 3.63) is 40.5 Å². The van der Waals surface area contributed by atoms with Crippen LogP contribution in [0.25, 0.3) is 0 Å². The summed E-state index contributed by atoms with van der Waals surface area (Å²) in [6.45, 7) is 0. The van der Waals surface area contributed by atoms with Crippen LogP contribution in [0, 0.1) is 0 Å². The first-order chi connectivity index (χ1) is 10.0. The van der Waals surface area contributed by atoms with Crippen LogP contribution in [0.1, 0.15) is 10.5 Å². The molecular weight excluding hydrogens is 338 g/mol. The van der Waals surface area contributed by atoms with Crippen LogP contribution >= 0.6 is 15.9 Å². The Morgan fingerprint density at radius 1 is 1.29 bits per heavy atom. The lowest BCUT2D eigenvalue weighted by molar-refractivity contribution is 0.0594. The van der Waals surface area contributed by atoms with Crippen LogP contribution in [-0.2, 0) is 4.74 Å². The third-order valence-corrected chi connectivity index (χ3v) is 3.15. The number of halogens is 1. The van der Waals surface area contributed by atoms with Crippen LogP contribution in [0.5, 0.6) is 5.75 Å². The molecule has 0 amide bonds. The van der Waals surface area contributed by atoms with Crippen molar-refractivity contribution >= 4 is 39.1 Å². The van der Waals surface area contributed by atoms with E-state index in [0.29, 0.717) is 17.3 Å². The second-order valence-electron chi connectivity index (χ2n) is 4.13. The molecule has 0 fully saturated rings. The fourth-order valence-corrected chi connectivity index (χ4v) is 2.15. The van der Waals surface area contributed by atoms with Crippen molar-refractivity contribution in [3.63, 3.8) is 0 Å². The standard InChI is InChI=1S/C14H14BrN3O3/c1-20-10-6-8(15)5-9(7-10)17-13-11(16)3-4-12(18-13)14(19)21-2/h3-7H,16H2,1-2H3,(H,17,18). The lowest BCUT2D eigenvalue weighted by Crippen LogP contribution is -2.08. The molecule has 0 unspecified atom stereocenters. The molecule has 0 aliphatic carbocycles. The topological polar surface area (TPSA) is 86.5 Å². The van der Waals surface area contributed by atoms with Gasteiger partial charge in [-0.05, 0) is 24.3 Å². The van der Waals surface area contributed by atoms with E-state index in [4.69, 9.17) is 10.5 Å². The van der Waals surface area contributed by atoms with Gasteiger partial charge in [0.2, 0.25) is 0 Å². The molecule has 6 nitrogen and oxygen atoms in total. The minimum Gasteiger partial charge on any atom is -0.497 e. The lowest BCUT2D eigenvalue weighted by atomic mass is 10.2. The van der Waals surface area contributed by atoms with Crippen molar-refractivity contribution in [1.82, 2.24) is 4.98 Å². The Kier molecular flexibility index (Phi) is 4.64. The number of nitrogens with one attached hydrogen (secondary N) is 1. The largest absolute Gasteiger partial charge is 0.497 e. The quantitative estimate of drug-likeness (QED) is 0.823. The molecule has 3 N–H and O–H groups in total. The van der Waals surface area contributed by atoms with E-state index in [1.54, 1.807) is 19.2 Å². The number of pyridine rings is 1. The number of hydrogen-bond acceptors (Lipinski definition) is 6. The predicted octanol–water partition coefficient (Wildman–Crippen LogP) is 2.97. The van der Waals surface area contributed by atoms with Gasteiger partial charge in [-0.1, -0.05) is 15.9 Å². The lowest BCUT2D eigenvalue weighted by Gasteiger charge is -2.11. The summed E-state index contributed by atoms with van der Waals surface area (Å²) in [7, 11) is 2.88. The third kappa shape index (κ3) is 3.63. The van der Waals surface area contributed by atoms with Gasteiger partial charge < -0.3 is 20.5 Å². The number of carbonyl (C=O) groups excluding carboxylic acids is 1. The number of hydrogen-bond donors (Lipinski definition) is 2. The van der Waals surface area contributed by atoms with Crippen LogP contribution in [0.2, 0.25) is 0 Å². The van der Waals surface area contributed by atoms with Crippen LogP contribution in [0.3, 0.4) is 0 Å². The first-order valence-electron chi connectivity index (χ1n) is 6.00. The first-order valence-corrected chi connectivity index (χ1v) is 6.79. The van der Waals surface area contributed by atoms with E-state index in [-0.39, 0.29) is 5.69 Å². The van der Waals surface area contributed by atoms with Crippen LogP contribution < -0.4 is 15.8 Å². The maximum Gasteiger partial charge on any atom is 0.356 e. The summed E-state index contributed by atoms with van der Waals surface area (Å²) in [5.74, 6) is 0.525. The van der Waals surface area contributed by atoms with Crippen molar-refractivity contribution in [2.45, 2.75) is 0 Å². The molecular formula is C14H14BrN3O3. The zero-order chi connectivity index (χ0) is 15.4. The Hall–Kier alpha value is -2.28. The molecule has 0 saturated heterocycles. The van der Waals surface area contributed by atoms with Gasteiger partial charge in [-0.15, -0.1) is 0 Å². The molecule has 21 heavy (non-hydrogen) atoms. The summed E-state index contributed by atoms with van der Waals surface area (Å²) in [4.78, 5) is 15.7. The van der Waals surface area contributed by atoms with E-state index in [0.717, 1.165) is 10.2 Å². The number of nitrogens with two attached hydrogens (primary N) is 1. The van der Waals surface area contributed by atoms with E-state index in [2.05, 4.69) is 31.0 Å². The highest BCUT2D eigenvalue weighted by Gasteiger charge is 2.11. The van der Waals surface area contributed by atoms with Gasteiger partial charge in [0.15, 0.2) is 11.5 Å². The summed E-state index contributed by atoms with van der Waals surface area (Å²) in [6, 6.07) is 8.56. The molecule has 1 aromatic heterocycles. The van der Waals surface area contributed by atoms with E-state index in [1.807, 2.05) is 12.1 Å². The van der Waals surface area contributed by atoms with Crippen molar-refractivity contribution in [2.75, 3.05) is 25.3 Å². The fourth-order valence-electron chi connectivity index (χ4n) is 1.68. The second-order valence-corrected chi connectivity index (χ2v) is 5.05. The SMILES string of the molecule is COC(=O)c1ccc(N)c(Nc2cc(Br)cc(OC)c2)n1.